The van der Waals surface area contributed by atoms with E-state index in [2.05, 4.69) is 26.7 Å². The molecule has 0 radical (unpaired) electrons. The zero-order valence-corrected chi connectivity index (χ0v) is 8.66. The standard InChI is InChI=1S/C8H11N5S/c1-2-4-13-5-3-10-6(13)7-11-12-8(9)14-7/h3,5H,2,4H2,1H3,(H2,9,12). The summed E-state index contributed by atoms with van der Waals surface area (Å²) >= 11 is 1.36. The number of aryl methyl sites for hydroxylation is 1. The summed E-state index contributed by atoms with van der Waals surface area (Å²) in [6, 6.07) is 0. The summed E-state index contributed by atoms with van der Waals surface area (Å²) in [4.78, 5) is 4.23. The Morgan fingerprint density at radius 2 is 2.36 bits per heavy atom. The van der Waals surface area contributed by atoms with E-state index in [4.69, 9.17) is 5.73 Å². The molecule has 2 rings (SSSR count). The van der Waals surface area contributed by atoms with Crippen LogP contribution in [0.25, 0.3) is 10.8 Å². The number of nitrogens with two attached hydrogens (primary N) is 1. The fraction of sp³-hybridized carbons (Fsp3) is 0.375. The Morgan fingerprint density at radius 1 is 1.50 bits per heavy atom. The molecular weight excluding hydrogens is 198 g/mol. The molecule has 2 aromatic rings. The summed E-state index contributed by atoms with van der Waals surface area (Å²) in [7, 11) is 0. The first-order valence-corrected chi connectivity index (χ1v) is 5.23. The van der Waals surface area contributed by atoms with E-state index in [0.717, 1.165) is 23.8 Å². The van der Waals surface area contributed by atoms with Crippen LogP contribution in [0.15, 0.2) is 12.4 Å². The van der Waals surface area contributed by atoms with Crippen LogP contribution < -0.4 is 5.73 Å². The normalized spacial score (nSPS) is 10.6. The van der Waals surface area contributed by atoms with Gasteiger partial charge >= 0.3 is 0 Å². The Hall–Kier alpha value is -1.43. The average molecular weight is 209 g/mol. The number of imidazole rings is 1. The van der Waals surface area contributed by atoms with Crippen LogP contribution in [0.2, 0.25) is 0 Å². The summed E-state index contributed by atoms with van der Waals surface area (Å²) in [5, 5.41) is 8.98. The van der Waals surface area contributed by atoms with E-state index in [0.29, 0.717) is 5.13 Å². The molecule has 0 aliphatic rings. The lowest BCUT2D eigenvalue weighted by atomic mass is 10.4. The van der Waals surface area contributed by atoms with Gasteiger partial charge in [0.05, 0.1) is 0 Å². The first kappa shape index (κ1) is 9.14. The maximum Gasteiger partial charge on any atom is 0.203 e. The molecule has 0 spiro atoms. The molecule has 2 heterocycles. The summed E-state index contributed by atoms with van der Waals surface area (Å²) in [5.74, 6) is 0.848. The highest BCUT2D eigenvalue weighted by Gasteiger charge is 2.09. The molecule has 0 atom stereocenters. The minimum Gasteiger partial charge on any atom is -0.374 e. The van der Waals surface area contributed by atoms with Crippen LogP contribution in [0.5, 0.6) is 0 Å². The lowest BCUT2D eigenvalue weighted by Crippen LogP contribution is -1.97. The van der Waals surface area contributed by atoms with Crippen LogP contribution in [0.1, 0.15) is 13.3 Å². The van der Waals surface area contributed by atoms with Crippen molar-refractivity contribution in [2.45, 2.75) is 19.9 Å². The lowest BCUT2D eigenvalue weighted by molar-refractivity contribution is 0.684. The molecule has 0 fully saturated rings. The van der Waals surface area contributed by atoms with E-state index in [1.807, 2.05) is 6.20 Å². The van der Waals surface area contributed by atoms with Gasteiger partial charge in [-0.05, 0) is 6.42 Å². The van der Waals surface area contributed by atoms with Crippen molar-refractivity contribution >= 4 is 16.5 Å². The molecule has 14 heavy (non-hydrogen) atoms. The van der Waals surface area contributed by atoms with Crippen LogP contribution in [0.4, 0.5) is 5.13 Å². The summed E-state index contributed by atoms with van der Waals surface area (Å²) in [6.45, 7) is 3.06. The van der Waals surface area contributed by atoms with Crippen molar-refractivity contribution in [2.75, 3.05) is 5.73 Å². The van der Waals surface area contributed by atoms with Crippen molar-refractivity contribution < 1.29 is 0 Å². The van der Waals surface area contributed by atoms with Crippen molar-refractivity contribution in [3.63, 3.8) is 0 Å². The van der Waals surface area contributed by atoms with Crippen molar-refractivity contribution in [1.82, 2.24) is 19.7 Å². The molecule has 5 nitrogen and oxygen atoms in total. The zero-order valence-electron chi connectivity index (χ0n) is 7.84. The molecule has 0 aromatic carbocycles. The molecule has 0 amide bonds. The second-order valence-electron chi connectivity index (χ2n) is 2.89. The van der Waals surface area contributed by atoms with Gasteiger partial charge in [0.1, 0.15) is 0 Å². The Balaban J connectivity index is 2.36. The highest BCUT2D eigenvalue weighted by atomic mass is 32.1. The summed E-state index contributed by atoms with van der Waals surface area (Å²) in [6.07, 6.45) is 4.77. The largest absolute Gasteiger partial charge is 0.374 e. The van der Waals surface area contributed by atoms with Crippen molar-refractivity contribution in [1.29, 1.82) is 0 Å². The van der Waals surface area contributed by atoms with E-state index < -0.39 is 0 Å². The van der Waals surface area contributed by atoms with Crippen LogP contribution in [-0.2, 0) is 6.54 Å². The SMILES string of the molecule is CCCn1ccnc1-c1nnc(N)s1. The zero-order chi connectivity index (χ0) is 9.97. The Labute approximate surface area is 85.6 Å². The molecule has 0 saturated carbocycles. The maximum atomic E-state index is 5.52. The van der Waals surface area contributed by atoms with E-state index in [-0.39, 0.29) is 0 Å². The maximum absolute atomic E-state index is 5.52. The highest BCUT2D eigenvalue weighted by molar-refractivity contribution is 7.18. The van der Waals surface area contributed by atoms with Crippen molar-refractivity contribution in [3.05, 3.63) is 12.4 Å². The van der Waals surface area contributed by atoms with Crippen LogP contribution in [0.3, 0.4) is 0 Å². The number of rotatable bonds is 3. The van der Waals surface area contributed by atoms with Gasteiger partial charge in [0.25, 0.3) is 0 Å². The Morgan fingerprint density at radius 3 is 3.00 bits per heavy atom. The smallest absolute Gasteiger partial charge is 0.203 e. The Kier molecular flexibility index (Phi) is 2.45. The van der Waals surface area contributed by atoms with E-state index >= 15 is 0 Å². The van der Waals surface area contributed by atoms with Gasteiger partial charge < -0.3 is 10.3 Å². The molecule has 0 bridgehead atoms. The van der Waals surface area contributed by atoms with Crippen LogP contribution in [0, 0.1) is 0 Å². The number of hydrogen-bond donors (Lipinski definition) is 1. The summed E-state index contributed by atoms with van der Waals surface area (Å²) < 4.78 is 2.06. The second-order valence-corrected chi connectivity index (χ2v) is 3.90. The topological polar surface area (TPSA) is 69.6 Å². The molecule has 74 valence electrons. The predicted molar refractivity (Wildman–Crippen MR) is 55.8 cm³/mol. The number of aromatic nitrogens is 4. The van der Waals surface area contributed by atoms with E-state index in [1.54, 1.807) is 6.20 Å². The number of hydrogen-bond acceptors (Lipinski definition) is 5. The highest BCUT2D eigenvalue weighted by Crippen LogP contribution is 2.22. The lowest BCUT2D eigenvalue weighted by Gasteiger charge is -2.01. The minimum absolute atomic E-state index is 0.478. The fourth-order valence-corrected chi connectivity index (χ4v) is 1.88. The summed E-state index contributed by atoms with van der Waals surface area (Å²) in [5.41, 5.74) is 5.52. The molecule has 0 saturated heterocycles. The van der Waals surface area contributed by atoms with E-state index in [1.165, 1.54) is 11.3 Å². The van der Waals surface area contributed by atoms with Gasteiger partial charge in [-0.2, -0.15) is 0 Å². The molecule has 0 unspecified atom stereocenters. The monoisotopic (exact) mass is 209 g/mol. The number of nitrogens with zero attached hydrogens (tertiary/aromatic N) is 4. The quantitative estimate of drug-likeness (QED) is 0.829. The van der Waals surface area contributed by atoms with Crippen molar-refractivity contribution in [3.8, 4) is 10.8 Å². The number of anilines is 1. The van der Waals surface area contributed by atoms with E-state index in [9.17, 15) is 0 Å². The van der Waals surface area contributed by atoms with Crippen LogP contribution in [-0.4, -0.2) is 19.7 Å². The molecule has 2 N–H and O–H groups in total. The molecule has 0 aliphatic heterocycles. The van der Waals surface area contributed by atoms with Gasteiger partial charge in [-0.3, -0.25) is 0 Å². The van der Waals surface area contributed by atoms with Gasteiger partial charge in [0, 0.05) is 18.9 Å². The van der Waals surface area contributed by atoms with Gasteiger partial charge in [-0.15, -0.1) is 10.2 Å². The molecular formula is C8H11N5S. The van der Waals surface area contributed by atoms with Crippen molar-refractivity contribution in [2.24, 2.45) is 0 Å². The third kappa shape index (κ3) is 1.60. The van der Waals surface area contributed by atoms with Gasteiger partial charge in [0.2, 0.25) is 5.13 Å². The fourth-order valence-electron chi connectivity index (χ4n) is 1.25. The van der Waals surface area contributed by atoms with Crippen LogP contribution >= 0.6 is 11.3 Å². The second kappa shape index (κ2) is 3.75. The number of nitrogen functional groups attached to an aromatic ring is 1. The third-order valence-corrected chi connectivity index (χ3v) is 2.56. The molecule has 0 aliphatic carbocycles. The molecule has 6 heteroatoms. The predicted octanol–water partition coefficient (Wildman–Crippen LogP) is 1.39. The molecule has 2 aromatic heterocycles. The average Bonchev–Trinajstić information content (AvgIpc) is 2.74. The Bertz CT molecular complexity index is 419. The first-order valence-electron chi connectivity index (χ1n) is 4.41. The van der Waals surface area contributed by atoms with Gasteiger partial charge in [0.15, 0.2) is 10.8 Å². The first-order chi connectivity index (χ1) is 6.81. The minimum atomic E-state index is 0.478. The van der Waals surface area contributed by atoms with Gasteiger partial charge in [-0.25, -0.2) is 4.98 Å². The third-order valence-electron chi connectivity index (χ3n) is 1.81. The van der Waals surface area contributed by atoms with Gasteiger partial charge in [-0.1, -0.05) is 18.3 Å².